The van der Waals surface area contributed by atoms with Crippen LogP contribution < -0.4 is 0 Å². The van der Waals surface area contributed by atoms with Crippen molar-refractivity contribution >= 4 is 0 Å². The molecule has 2 aromatic heterocycles. The highest BCUT2D eigenvalue weighted by Crippen LogP contribution is 2.29. The van der Waals surface area contributed by atoms with E-state index in [4.69, 9.17) is 4.74 Å². The Morgan fingerprint density at radius 3 is 3.04 bits per heavy atom. The lowest BCUT2D eigenvalue weighted by atomic mass is 10.0. The average Bonchev–Trinajstić information content (AvgIpc) is 3.14. The maximum atomic E-state index is 5.97. The summed E-state index contributed by atoms with van der Waals surface area (Å²) < 4.78 is 10.1. The highest BCUT2D eigenvalue weighted by molar-refractivity contribution is 5.06. The molecule has 0 saturated carbocycles. The first-order valence-electron chi connectivity index (χ1n) is 8.45. The van der Waals surface area contributed by atoms with Crippen LogP contribution in [0.25, 0.3) is 0 Å². The lowest BCUT2D eigenvalue weighted by molar-refractivity contribution is -0.0657. The molecule has 1 fully saturated rings. The van der Waals surface area contributed by atoms with Crippen molar-refractivity contribution in [2.45, 2.75) is 52.0 Å². The van der Waals surface area contributed by atoms with Crippen molar-refractivity contribution in [1.29, 1.82) is 0 Å². The van der Waals surface area contributed by atoms with Crippen LogP contribution in [0.5, 0.6) is 0 Å². The Kier molecular flexibility index (Phi) is 3.90. The summed E-state index contributed by atoms with van der Waals surface area (Å²) in [5.41, 5.74) is 3.44. The van der Waals surface area contributed by atoms with Gasteiger partial charge < -0.3 is 9.64 Å². The molecule has 0 aliphatic carbocycles. The highest BCUT2D eigenvalue weighted by Gasteiger charge is 2.36. The Morgan fingerprint density at radius 1 is 1.30 bits per heavy atom. The Hall–Kier alpha value is -1.73. The molecule has 7 heteroatoms. The van der Waals surface area contributed by atoms with Crippen molar-refractivity contribution < 1.29 is 4.74 Å². The second-order valence-corrected chi connectivity index (χ2v) is 6.68. The molecule has 1 saturated heterocycles. The van der Waals surface area contributed by atoms with Gasteiger partial charge in [-0.2, -0.15) is 5.10 Å². The summed E-state index contributed by atoms with van der Waals surface area (Å²) in [5.74, 6) is 0. The minimum atomic E-state index is 0.288. The SMILES string of the molecule is Cc1cc(C)n(CCCN2CC[C@@H]3OCc4cnnn4[C@@H]3C2)n1. The number of aromatic nitrogens is 5. The maximum Gasteiger partial charge on any atom is 0.0929 e. The van der Waals surface area contributed by atoms with Crippen LogP contribution in [0, 0.1) is 13.8 Å². The zero-order chi connectivity index (χ0) is 15.8. The number of rotatable bonds is 4. The van der Waals surface area contributed by atoms with Gasteiger partial charge in [-0.1, -0.05) is 5.21 Å². The van der Waals surface area contributed by atoms with Gasteiger partial charge in [-0.25, -0.2) is 4.68 Å². The molecule has 0 amide bonds. The zero-order valence-electron chi connectivity index (χ0n) is 13.9. The lowest BCUT2D eigenvalue weighted by Crippen LogP contribution is -2.48. The van der Waals surface area contributed by atoms with Gasteiger partial charge in [0.05, 0.1) is 36.3 Å². The average molecular weight is 316 g/mol. The van der Waals surface area contributed by atoms with E-state index in [1.54, 1.807) is 0 Å². The van der Waals surface area contributed by atoms with Crippen molar-refractivity contribution in [3.05, 3.63) is 29.3 Å². The normalized spacial score (nSPS) is 24.4. The van der Waals surface area contributed by atoms with Crippen molar-refractivity contribution in [3.63, 3.8) is 0 Å². The van der Waals surface area contributed by atoms with Crippen molar-refractivity contribution in [2.24, 2.45) is 0 Å². The number of hydrogen-bond donors (Lipinski definition) is 0. The molecule has 124 valence electrons. The minimum Gasteiger partial charge on any atom is -0.370 e. The monoisotopic (exact) mass is 316 g/mol. The van der Waals surface area contributed by atoms with Crippen LogP contribution in [0.2, 0.25) is 0 Å². The maximum absolute atomic E-state index is 5.97. The fourth-order valence-corrected chi connectivity index (χ4v) is 3.79. The van der Waals surface area contributed by atoms with Crippen LogP contribution in [-0.2, 0) is 17.9 Å². The highest BCUT2D eigenvalue weighted by atomic mass is 16.5. The molecule has 0 bridgehead atoms. The van der Waals surface area contributed by atoms with Gasteiger partial charge in [0.25, 0.3) is 0 Å². The molecular weight excluding hydrogens is 292 g/mol. The standard InChI is InChI=1S/C16H24N6O/c1-12-8-13(2)21(18-12)6-3-5-20-7-4-16-15(10-20)22-14(11-23-16)9-17-19-22/h8-9,15-16H,3-7,10-11H2,1-2H3/t15-,16+/m1/s1. The van der Waals surface area contributed by atoms with Crippen LogP contribution in [-0.4, -0.2) is 55.4 Å². The molecule has 4 rings (SSSR count). The van der Waals surface area contributed by atoms with Gasteiger partial charge in [-0.15, -0.1) is 5.10 Å². The van der Waals surface area contributed by atoms with Crippen LogP contribution in [0.1, 0.15) is 36.0 Å². The Morgan fingerprint density at radius 2 is 2.22 bits per heavy atom. The fourth-order valence-electron chi connectivity index (χ4n) is 3.79. The summed E-state index contributed by atoms with van der Waals surface area (Å²) in [6.45, 7) is 8.98. The molecule has 0 radical (unpaired) electrons. The van der Waals surface area contributed by atoms with E-state index in [9.17, 15) is 0 Å². The molecule has 2 aromatic rings. The van der Waals surface area contributed by atoms with E-state index in [1.807, 2.05) is 13.1 Å². The largest absolute Gasteiger partial charge is 0.370 e. The molecule has 4 heterocycles. The molecule has 2 aliphatic heterocycles. The first kappa shape index (κ1) is 14.8. The number of hydrogen-bond acceptors (Lipinski definition) is 5. The van der Waals surface area contributed by atoms with Crippen LogP contribution in [0.15, 0.2) is 12.3 Å². The Balaban J connectivity index is 1.34. The number of fused-ring (bicyclic) bond motifs is 3. The quantitative estimate of drug-likeness (QED) is 0.851. The second kappa shape index (κ2) is 6.05. The van der Waals surface area contributed by atoms with Gasteiger partial charge in [-0.05, 0) is 39.3 Å². The lowest BCUT2D eigenvalue weighted by Gasteiger charge is -2.41. The van der Waals surface area contributed by atoms with Crippen LogP contribution in [0.3, 0.4) is 0 Å². The van der Waals surface area contributed by atoms with Crippen LogP contribution in [0.4, 0.5) is 0 Å². The zero-order valence-corrected chi connectivity index (χ0v) is 13.9. The van der Waals surface area contributed by atoms with E-state index in [0.717, 1.165) is 50.4 Å². The van der Waals surface area contributed by atoms with E-state index in [2.05, 4.69) is 42.7 Å². The van der Waals surface area contributed by atoms with Crippen molar-refractivity contribution in [3.8, 4) is 0 Å². The molecule has 7 nitrogen and oxygen atoms in total. The first-order valence-corrected chi connectivity index (χ1v) is 8.45. The molecule has 0 aromatic carbocycles. The van der Waals surface area contributed by atoms with Gasteiger partial charge in [-0.3, -0.25) is 4.68 Å². The van der Waals surface area contributed by atoms with Gasteiger partial charge in [0.1, 0.15) is 0 Å². The summed E-state index contributed by atoms with van der Waals surface area (Å²) in [7, 11) is 0. The van der Waals surface area contributed by atoms with Crippen molar-refractivity contribution in [2.75, 3.05) is 19.6 Å². The molecule has 2 atom stereocenters. The minimum absolute atomic E-state index is 0.288. The number of ether oxygens (including phenoxy) is 1. The predicted molar refractivity (Wildman–Crippen MR) is 85.0 cm³/mol. The summed E-state index contributed by atoms with van der Waals surface area (Å²) in [5, 5.41) is 12.8. The smallest absolute Gasteiger partial charge is 0.0929 e. The molecule has 0 unspecified atom stereocenters. The summed E-state index contributed by atoms with van der Waals surface area (Å²) in [6.07, 6.45) is 4.29. The fraction of sp³-hybridized carbons (Fsp3) is 0.688. The molecule has 23 heavy (non-hydrogen) atoms. The van der Waals surface area contributed by atoms with E-state index in [1.165, 1.54) is 5.69 Å². The topological polar surface area (TPSA) is 61.0 Å². The Bertz CT molecular complexity index is 678. The summed E-state index contributed by atoms with van der Waals surface area (Å²) in [4.78, 5) is 2.52. The third-order valence-corrected chi connectivity index (χ3v) is 4.96. The number of aryl methyl sites for hydroxylation is 3. The van der Waals surface area contributed by atoms with E-state index in [0.29, 0.717) is 12.6 Å². The first-order chi connectivity index (χ1) is 11.2. The number of likely N-dealkylation sites (tertiary alicyclic amines) is 1. The summed E-state index contributed by atoms with van der Waals surface area (Å²) in [6, 6.07) is 2.44. The third-order valence-electron chi connectivity index (χ3n) is 4.96. The van der Waals surface area contributed by atoms with Crippen molar-refractivity contribution in [1.82, 2.24) is 29.7 Å². The predicted octanol–water partition coefficient (Wildman–Crippen LogP) is 1.33. The number of piperidine rings is 1. The third kappa shape index (κ3) is 2.90. The second-order valence-electron chi connectivity index (χ2n) is 6.68. The molecule has 0 N–H and O–H groups in total. The van der Waals surface area contributed by atoms with Gasteiger partial charge in [0.15, 0.2) is 0 Å². The van der Waals surface area contributed by atoms with E-state index in [-0.39, 0.29) is 6.10 Å². The van der Waals surface area contributed by atoms with E-state index < -0.39 is 0 Å². The van der Waals surface area contributed by atoms with Gasteiger partial charge in [0.2, 0.25) is 0 Å². The van der Waals surface area contributed by atoms with Crippen LogP contribution >= 0.6 is 0 Å². The van der Waals surface area contributed by atoms with E-state index >= 15 is 0 Å². The number of nitrogens with zero attached hydrogens (tertiary/aromatic N) is 6. The molecule has 0 spiro atoms. The molecule has 2 aliphatic rings. The van der Waals surface area contributed by atoms with Gasteiger partial charge >= 0.3 is 0 Å². The molecular formula is C16H24N6O. The van der Waals surface area contributed by atoms with Gasteiger partial charge in [0, 0.05) is 25.3 Å². The Labute approximate surface area is 136 Å². The summed E-state index contributed by atoms with van der Waals surface area (Å²) >= 11 is 0.